The Hall–Kier alpha value is -4.95. The number of anilines is 1. The van der Waals surface area contributed by atoms with Crippen LogP contribution in [0.2, 0.25) is 0 Å². The number of rotatable bonds is 6. The number of pyridine rings is 1. The number of amides is 2. The van der Waals surface area contributed by atoms with Gasteiger partial charge in [0.1, 0.15) is 0 Å². The summed E-state index contributed by atoms with van der Waals surface area (Å²) in [7, 11) is 0. The van der Waals surface area contributed by atoms with Crippen molar-refractivity contribution in [2.24, 2.45) is 0 Å². The molecule has 8 heteroatoms. The first-order valence-corrected chi connectivity index (χ1v) is 12.6. The molecule has 3 heterocycles. The lowest BCUT2D eigenvalue weighted by Gasteiger charge is -2.15. The lowest BCUT2D eigenvalue weighted by molar-refractivity contribution is 0.0477. The summed E-state index contributed by atoms with van der Waals surface area (Å²) in [6.45, 7) is -0.361. The molecule has 6 rings (SSSR count). The summed E-state index contributed by atoms with van der Waals surface area (Å²) < 4.78 is 5.36. The van der Waals surface area contributed by atoms with Crippen molar-refractivity contribution in [1.82, 2.24) is 4.98 Å². The van der Waals surface area contributed by atoms with E-state index in [0.717, 1.165) is 4.90 Å². The van der Waals surface area contributed by atoms with Crippen LogP contribution >= 0.6 is 11.3 Å². The first kappa shape index (κ1) is 23.4. The summed E-state index contributed by atoms with van der Waals surface area (Å²) in [5.41, 5.74) is 3.25. The Morgan fingerprint density at radius 3 is 2.18 bits per heavy atom. The average Bonchev–Trinajstić information content (AvgIpc) is 3.58. The number of aromatic nitrogens is 1. The van der Waals surface area contributed by atoms with Gasteiger partial charge in [-0.3, -0.25) is 14.4 Å². The normalized spacial score (nSPS) is 12.6. The molecule has 0 N–H and O–H groups in total. The van der Waals surface area contributed by atoms with E-state index in [4.69, 9.17) is 9.72 Å². The number of carbonyl (C=O) groups is 4. The fourth-order valence-electron chi connectivity index (χ4n) is 4.41. The molecule has 38 heavy (non-hydrogen) atoms. The Labute approximate surface area is 220 Å². The highest BCUT2D eigenvalue weighted by Crippen LogP contribution is 2.31. The summed E-state index contributed by atoms with van der Waals surface area (Å²) in [5, 5.41) is 2.39. The fraction of sp³-hybridized carbons (Fsp3) is 0.0333. The van der Waals surface area contributed by atoms with Crippen LogP contribution in [0.5, 0.6) is 0 Å². The minimum absolute atomic E-state index is 0.268. The second-order valence-corrected chi connectivity index (χ2v) is 9.53. The number of thiophene rings is 1. The second kappa shape index (κ2) is 9.49. The average molecular weight is 519 g/mol. The van der Waals surface area contributed by atoms with Gasteiger partial charge in [-0.15, -0.1) is 11.3 Å². The van der Waals surface area contributed by atoms with Crippen molar-refractivity contribution in [3.05, 3.63) is 118 Å². The molecule has 0 spiro atoms. The number of ether oxygens (including phenoxy) is 1. The summed E-state index contributed by atoms with van der Waals surface area (Å²) in [5.74, 6) is -1.64. The van der Waals surface area contributed by atoms with Crippen molar-refractivity contribution in [3.63, 3.8) is 0 Å². The molecule has 5 aromatic rings. The maximum absolute atomic E-state index is 13.0. The lowest BCUT2D eigenvalue weighted by Crippen LogP contribution is -2.29. The van der Waals surface area contributed by atoms with Crippen LogP contribution in [0.25, 0.3) is 22.2 Å². The van der Waals surface area contributed by atoms with Gasteiger partial charge >= 0.3 is 5.97 Å². The van der Waals surface area contributed by atoms with Crippen molar-refractivity contribution >= 4 is 51.5 Å². The second-order valence-electron chi connectivity index (χ2n) is 8.59. The van der Waals surface area contributed by atoms with E-state index in [-0.39, 0.29) is 29.8 Å². The molecule has 0 saturated carbocycles. The molecule has 2 aromatic heterocycles. The number of ketones is 1. The van der Waals surface area contributed by atoms with Crippen molar-refractivity contribution in [2.75, 3.05) is 11.5 Å². The van der Waals surface area contributed by atoms with E-state index < -0.39 is 5.97 Å². The van der Waals surface area contributed by atoms with Crippen LogP contribution in [0.1, 0.15) is 40.7 Å². The standard InChI is InChI=1S/C30H18N2O5S/c33-26(27-10-5-15-38-27)17-37-30(36)23-16-25(31-24-9-4-3-6-20(23)24)18-11-13-19(14-12-18)32-28(34)21-7-1-2-8-22(21)29(32)35/h1-16H,17H2. The van der Waals surface area contributed by atoms with Crippen molar-refractivity contribution in [1.29, 1.82) is 0 Å². The summed E-state index contributed by atoms with van der Waals surface area (Å²) in [6.07, 6.45) is 0. The molecular weight excluding hydrogens is 500 g/mol. The molecule has 3 aromatic carbocycles. The Morgan fingerprint density at radius 1 is 0.816 bits per heavy atom. The molecule has 0 aliphatic carbocycles. The maximum Gasteiger partial charge on any atom is 0.339 e. The lowest BCUT2D eigenvalue weighted by atomic mass is 10.0. The summed E-state index contributed by atoms with van der Waals surface area (Å²) in [6, 6.07) is 25.8. The van der Waals surface area contributed by atoms with Gasteiger partial charge < -0.3 is 4.74 Å². The highest BCUT2D eigenvalue weighted by Gasteiger charge is 2.36. The molecule has 0 radical (unpaired) electrons. The predicted octanol–water partition coefficient (Wildman–Crippen LogP) is 5.80. The van der Waals surface area contributed by atoms with Crippen LogP contribution in [0.15, 0.2) is 96.4 Å². The predicted molar refractivity (Wildman–Crippen MR) is 144 cm³/mol. The largest absolute Gasteiger partial charge is 0.454 e. The van der Waals surface area contributed by atoms with Crippen LogP contribution in [0.4, 0.5) is 5.69 Å². The zero-order valence-electron chi connectivity index (χ0n) is 19.8. The Balaban J connectivity index is 1.30. The fourth-order valence-corrected chi connectivity index (χ4v) is 5.07. The molecule has 0 fully saturated rings. The van der Waals surface area contributed by atoms with Gasteiger partial charge in [0, 0.05) is 10.9 Å². The van der Waals surface area contributed by atoms with Crippen molar-refractivity contribution in [3.8, 4) is 11.3 Å². The van der Waals surface area contributed by atoms with Gasteiger partial charge in [0.05, 0.1) is 38.5 Å². The zero-order valence-corrected chi connectivity index (χ0v) is 20.6. The third kappa shape index (κ3) is 4.07. The van der Waals surface area contributed by atoms with E-state index in [1.165, 1.54) is 11.3 Å². The number of hydrogen-bond donors (Lipinski definition) is 0. The highest BCUT2D eigenvalue weighted by molar-refractivity contribution is 7.12. The number of imide groups is 1. The molecule has 0 bridgehead atoms. The number of hydrogen-bond acceptors (Lipinski definition) is 7. The molecule has 1 aliphatic rings. The molecule has 7 nitrogen and oxygen atoms in total. The Morgan fingerprint density at radius 2 is 1.50 bits per heavy atom. The van der Waals surface area contributed by atoms with E-state index in [9.17, 15) is 19.2 Å². The molecule has 0 saturated heterocycles. The van der Waals surface area contributed by atoms with Crippen molar-refractivity contribution < 1.29 is 23.9 Å². The van der Waals surface area contributed by atoms with Crippen LogP contribution in [0, 0.1) is 0 Å². The Bertz CT molecular complexity index is 1710. The van der Waals surface area contributed by atoms with Gasteiger partial charge in [-0.25, -0.2) is 14.7 Å². The van der Waals surface area contributed by atoms with Crippen LogP contribution in [0.3, 0.4) is 0 Å². The molecule has 0 unspecified atom stereocenters. The topological polar surface area (TPSA) is 93.6 Å². The van der Waals surface area contributed by atoms with E-state index in [1.807, 2.05) is 6.07 Å². The van der Waals surface area contributed by atoms with E-state index in [0.29, 0.717) is 43.9 Å². The van der Waals surface area contributed by atoms with Gasteiger partial charge in [-0.05, 0) is 47.8 Å². The van der Waals surface area contributed by atoms with Gasteiger partial charge in [-0.2, -0.15) is 0 Å². The monoisotopic (exact) mass is 518 g/mol. The minimum atomic E-state index is -0.627. The smallest absolute Gasteiger partial charge is 0.339 e. The molecule has 1 aliphatic heterocycles. The van der Waals surface area contributed by atoms with E-state index in [2.05, 4.69) is 0 Å². The Kier molecular flexibility index (Phi) is 5.86. The quantitative estimate of drug-likeness (QED) is 0.160. The maximum atomic E-state index is 13.0. The van der Waals surface area contributed by atoms with Crippen LogP contribution in [-0.4, -0.2) is 35.2 Å². The first-order chi connectivity index (χ1) is 18.5. The number of benzene rings is 3. The number of fused-ring (bicyclic) bond motifs is 2. The third-order valence-corrected chi connectivity index (χ3v) is 7.19. The number of para-hydroxylation sites is 1. The van der Waals surface area contributed by atoms with Gasteiger partial charge in [0.25, 0.3) is 11.8 Å². The van der Waals surface area contributed by atoms with E-state index >= 15 is 0 Å². The number of nitrogens with zero attached hydrogens (tertiary/aromatic N) is 2. The van der Waals surface area contributed by atoms with Gasteiger partial charge in [-0.1, -0.05) is 48.5 Å². The van der Waals surface area contributed by atoms with Gasteiger partial charge in [0.2, 0.25) is 5.78 Å². The van der Waals surface area contributed by atoms with Crippen molar-refractivity contribution in [2.45, 2.75) is 0 Å². The molecule has 184 valence electrons. The summed E-state index contributed by atoms with van der Waals surface area (Å²) in [4.78, 5) is 57.4. The first-order valence-electron chi connectivity index (χ1n) is 11.7. The molecule has 0 atom stereocenters. The number of Topliss-reactive ketones (excluding diaryl/α,β-unsaturated/α-hetero) is 1. The van der Waals surface area contributed by atoms with E-state index in [1.54, 1.807) is 90.3 Å². The SMILES string of the molecule is O=C(COC(=O)c1cc(-c2ccc(N3C(=O)c4ccccc4C3=O)cc2)nc2ccccc12)c1cccs1. The molecule has 2 amide bonds. The zero-order chi connectivity index (χ0) is 26.2. The summed E-state index contributed by atoms with van der Waals surface area (Å²) >= 11 is 1.29. The van der Waals surface area contributed by atoms with Crippen LogP contribution in [-0.2, 0) is 4.74 Å². The number of carbonyl (C=O) groups excluding carboxylic acids is 4. The number of esters is 1. The van der Waals surface area contributed by atoms with Gasteiger partial charge in [0.15, 0.2) is 6.61 Å². The van der Waals surface area contributed by atoms with Crippen LogP contribution < -0.4 is 4.90 Å². The minimum Gasteiger partial charge on any atom is -0.454 e. The third-order valence-electron chi connectivity index (χ3n) is 6.28. The highest BCUT2D eigenvalue weighted by atomic mass is 32.1. The molecular formula is C30H18N2O5S.